The van der Waals surface area contributed by atoms with E-state index in [-0.39, 0.29) is 0 Å². The molecule has 1 aromatic carbocycles. The van der Waals surface area contributed by atoms with Gasteiger partial charge in [0.15, 0.2) is 0 Å². The van der Waals surface area contributed by atoms with Crippen molar-refractivity contribution in [1.82, 2.24) is 5.32 Å². The van der Waals surface area contributed by atoms with E-state index >= 15 is 0 Å². The fourth-order valence-corrected chi connectivity index (χ4v) is 2.39. The second kappa shape index (κ2) is 6.04. The number of rotatable bonds is 6. The van der Waals surface area contributed by atoms with E-state index in [0.717, 1.165) is 28.5 Å². The van der Waals surface area contributed by atoms with Gasteiger partial charge in [-0.05, 0) is 62.4 Å². The summed E-state index contributed by atoms with van der Waals surface area (Å²) in [6.45, 7) is 1.15. The van der Waals surface area contributed by atoms with Crippen molar-refractivity contribution < 1.29 is 0 Å². The van der Waals surface area contributed by atoms with E-state index in [1.807, 2.05) is 12.1 Å². The molecule has 0 radical (unpaired) electrons. The maximum absolute atomic E-state index is 6.13. The van der Waals surface area contributed by atoms with Crippen LogP contribution < -0.4 is 5.32 Å². The largest absolute Gasteiger partial charge is 0.314 e. The molecular formula is C13H17BrClN. The van der Waals surface area contributed by atoms with Crippen LogP contribution in [-0.2, 0) is 6.42 Å². The minimum atomic E-state index is 0.828. The van der Waals surface area contributed by atoms with Gasteiger partial charge in [-0.25, -0.2) is 0 Å². The van der Waals surface area contributed by atoms with E-state index in [1.54, 1.807) is 0 Å². The van der Waals surface area contributed by atoms with Crippen molar-refractivity contribution >= 4 is 27.5 Å². The van der Waals surface area contributed by atoms with Crippen molar-refractivity contribution in [3.63, 3.8) is 0 Å². The molecule has 0 atom stereocenters. The Bertz CT molecular complexity index is 350. The number of halogens is 2. The topological polar surface area (TPSA) is 12.0 Å². The fourth-order valence-electron chi connectivity index (χ4n) is 1.77. The van der Waals surface area contributed by atoms with Crippen LogP contribution in [0.25, 0.3) is 0 Å². The molecule has 88 valence electrons. The van der Waals surface area contributed by atoms with Gasteiger partial charge in [-0.1, -0.05) is 27.5 Å². The second-order valence-corrected chi connectivity index (χ2v) is 5.74. The molecule has 0 spiro atoms. The van der Waals surface area contributed by atoms with Crippen molar-refractivity contribution in [2.75, 3.05) is 6.54 Å². The molecule has 1 aliphatic rings. The third kappa shape index (κ3) is 4.08. The molecule has 2 rings (SSSR count). The average Bonchev–Trinajstić information content (AvgIpc) is 3.06. The minimum Gasteiger partial charge on any atom is -0.314 e. The summed E-state index contributed by atoms with van der Waals surface area (Å²) in [6, 6.07) is 6.90. The number of hydrogen-bond acceptors (Lipinski definition) is 1. The lowest BCUT2D eigenvalue weighted by Crippen LogP contribution is -2.17. The number of aryl methyl sites for hydroxylation is 1. The highest BCUT2D eigenvalue weighted by molar-refractivity contribution is 9.10. The van der Waals surface area contributed by atoms with Gasteiger partial charge in [0.05, 0.1) is 0 Å². The Labute approximate surface area is 111 Å². The lowest BCUT2D eigenvalue weighted by molar-refractivity contribution is 0.620. The summed E-state index contributed by atoms with van der Waals surface area (Å²) in [7, 11) is 0. The van der Waals surface area contributed by atoms with Gasteiger partial charge in [0.25, 0.3) is 0 Å². The number of nitrogens with one attached hydrogen (secondary N) is 1. The summed E-state index contributed by atoms with van der Waals surface area (Å²) in [5.74, 6) is 0. The quantitative estimate of drug-likeness (QED) is 0.777. The molecule has 1 fully saturated rings. The molecule has 0 saturated heterocycles. The summed E-state index contributed by atoms with van der Waals surface area (Å²) in [5.41, 5.74) is 1.25. The van der Waals surface area contributed by atoms with E-state index in [0.29, 0.717) is 0 Å². The van der Waals surface area contributed by atoms with Crippen LogP contribution in [0.2, 0.25) is 5.02 Å². The molecule has 1 aliphatic carbocycles. The first-order valence-corrected chi connectivity index (χ1v) is 7.10. The molecule has 1 aromatic rings. The van der Waals surface area contributed by atoms with Crippen LogP contribution >= 0.6 is 27.5 Å². The molecule has 1 nitrogen and oxygen atoms in total. The Hall–Kier alpha value is -0.0500. The minimum absolute atomic E-state index is 0.828. The first kappa shape index (κ1) is 12.4. The molecule has 0 amide bonds. The van der Waals surface area contributed by atoms with Crippen LogP contribution in [-0.4, -0.2) is 12.6 Å². The molecule has 0 bridgehead atoms. The molecule has 16 heavy (non-hydrogen) atoms. The molecule has 3 heteroatoms. The van der Waals surface area contributed by atoms with Crippen molar-refractivity contribution in [3.05, 3.63) is 33.3 Å². The lowest BCUT2D eigenvalue weighted by atomic mass is 10.1. The van der Waals surface area contributed by atoms with Crippen LogP contribution in [0, 0.1) is 0 Å². The van der Waals surface area contributed by atoms with Crippen LogP contribution in [0.4, 0.5) is 0 Å². The fraction of sp³-hybridized carbons (Fsp3) is 0.538. The standard InChI is InChI=1S/C13H17BrClN/c14-11-4-7-13(15)10(9-11)3-1-2-8-16-12-5-6-12/h4,7,9,12,16H,1-3,5-6,8H2. The first-order valence-electron chi connectivity index (χ1n) is 5.93. The van der Waals surface area contributed by atoms with Crippen LogP contribution in [0.5, 0.6) is 0 Å². The lowest BCUT2D eigenvalue weighted by Gasteiger charge is -2.05. The van der Waals surface area contributed by atoms with Gasteiger partial charge in [-0.3, -0.25) is 0 Å². The number of hydrogen-bond donors (Lipinski definition) is 1. The van der Waals surface area contributed by atoms with Gasteiger partial charge >= 0.3 is 0 Å². The van der Waals surface area contributed by atoms with Crippen molar-refractivity contribution in [1.29, 1.82) is 0 Å². The van der Waals surface area contributed by atoms with Gasteiger partial charge in [0.1, 0.15) is 0 Å². The van der Waals surface area contributed by atoms with Crippen molar-refractivity contribution in [3.8, 4) is 0 Å². The zero-order valence-electron chi connectivity index (χ0n) is 9.31. The summed E-state index contributed by atoms with van der Waals surface area (Å²) < 4.78 is 1.11. The molecule has 0 heterocycles. The van der Waals surface area contributed by atoms with E-state index < -0.39 is 0 Å². The Kier molecular flexibility index (Phi) is 4.68. The summed E-state index contributed by atoms with van der Waals surface area (Å²) in [5, 5.41) is 4.41. The van der Waals surface area contributed by atoms with Crippen molar-refractivity contribution in [2.45, 2.75) is 38.1 Å². The van der Waals surface area contributed by atoms with Crippen LogP contribution in [0.3, 0.4) is 0 Å². The highest BCUT2D eigenvalue weighted by Gasteiger charge is 2.19. The predicted octanol–water partition coefficient (Wildman–Crippen LogP) is 4.18. The highest BCUT2D eigenvalue weighted by Crippen LogP contribution is 2.22. The normalized spacial score (nSPS) is 15.4. The Balaban J connectivity index is 1.69. The average molecular weight is 303 g/mol. The zero-order valence-corrected chi connectivity index (χ0v) is 11.6. The van der Waals surface area contributed by atoms with Crippen LogP contribution in [0.1, 0.15) is 31.2 Å². The van der Waals surface area contributed by atoms with Gasteiger partial charge < -0.3 is 5.32 Å². The third-order valence-electron chi connectivity index (χ3n) is 2.89. The SMILES string of the molecule is Clc1ccc(Br)cc1CCCCNC1CC1. The van der Waals surface area contributed by atoms with Crippen LogP contribution in [0.15, 0.2) is 22.7 Å². The Morgan fingerprint density at radius 2 is 2.12 bits per heavy atom. The number of benzene rings is 1. The summed E-state index contributed by atoms with van der Waals surface area (Å²) in [4.78, 5) is 0. The maximum atomic E-state index is 6.13. The highest BCUT2D eigenvalue weighted by atomic mass is 79.9. The molecule has 0 aromatic heterocycles. The van der Waals surface area contributed by atoms with E-state index in [4.69, 9.17) is 11.6 Å². The van der Waals surface area contributed by atoms with E-state index in [1.165, 1.54) is 31.2 Å². The summed E-state index contributed by atoms with van der Waals surface area (Å²) >= 11 is 9.61. The molecule has 1 saturated carbocycles. The molecule has 0 unspecified atom stereocenters. The van der Waals surface area contributed by atoms with E-state index in [2.05, 4.69) is 27.3 Å². The first-order chi connectivity index (χ1) is 7.75. The van der Waals surface area contributed by atoms with Gasteiger partial charge in [0, 0.05) is 15.5 Å². The van der Waals surface area contributed by atoms with Gasteiger partial charge in [-0.15, -0.1) is 0 Å². The Morgan fingerprint density at radius 3 is 2.88 bits per heavy atom. The van der Waals surface area contributed by atoms with E-state index in [9.17, 15) is 0 Å². The molecule has 1 N–H and O–H groups in total. The Morgan fingerprint density at radius 1 is 1.31 bits per heavy atom. The molecule has 0 aliphatic heterocycles. The monoisotopic (exact) mass is 301 g/mol. The number of unbranched alkanes of at least 4 members (excludes halogenated alkanes) is 1. The molecular weight excluding hydrogens is 286 g/mol. The third-order valence-corrected chi connectivity index (χ3v) is 3.75. The van der Waals surface area contributed by atoms with Crippen molar-refractivity contribution in [2.24, 2.45) is 0 Å². The van der Waals surface area contributed by atoms with Gasteiger partial charge in [-0.2, -0.15) is 0 Å². The second-order valence-electron chi connectivity index (χ2n) is 4.42. The predicted molar refractivity (Wildman–Crippen MR) is 73.1 cm³/mol. The zero-order chi connectivity index (χ0) is 11.4. The maximum Gasteiger partial charge on any atom is 0.0438 e. The summed E-state index contributed by atoms with van der Waals surface area (Å²) in [6.07, 6.45) is 6.26. The smallest absolute Gasteiger partial charge is 0.0438 e. The van der Waals surface area contributed by atoms with Gasteiger partial charge in [0.2, 0.25) is 0 Å².